The first-order valence-electron chi connectivity index (χ1n) is 5.54. The van der Waals surface area contributed by atoms with Crippen molar-refractivity contribution in [3.05, 3.63) is 35.4 Å². The summed E-state index contributed by atoms with van der Waals surface area (Å²) in [4.78, 5) is 0. The normalized spacial score (nSPS) is 14.1. The second-order valence-corrected chi connectivity index (χ2v) is 5.14. The third-order valence-electron chi connectivity index (χ3n) is 3.20. The van der Waals surface area contributed by atoms with E-state index in [9.17, 15) is 0 Å². The number of rotatable bonds is 2. The highest BCUT2D eigenvalue weighted by atomic mass is 14.3. The van der Waals surface area contributed by atoms with E-state index in [1.54, 1.807) is 0 Å². The highest BCUT2D eigenvalue weighted by Gasteiger charge is 2.22. The van der Waals surface area contributed by atoms with Gasteiger partial charge in [-0.2, -0.15) is 0 Å². The van der Waals surface area contributed by atoms with Gasteiger partial charge in [0.15, 0.2) is 0 Å². The Morgan fingerprint density at radius 3 is 2.21 bits per heavy atom. The lowest BCUT2D eigenvalue weighted by atomic mass is 9.76. The molecular weight excluding hydrogens is 168 g/mol. The molecule has 0 saturated heterocycles. The van der Waals surface area contributed by atoms with Gasteiger partial charge in [0, 0.05) is 0 Å². The first kappa shape index (κ1) is 11.3. The molecule has 0 aliphatic carbocycles. The molecule has 0 heterocycles. The van der Waals surface area contributed by atoms with Gasteiger partial charge in [0.2, 0.25) is 0 Å². The summed E-state index contributed by atoms with van der Waals surface area (Å²) >= 11 is 0. The maximum atomic E-state index is 2.33. The number of hydrogen-bond acceptors (Lipinski definition) is 0. The van der Waals surface area contributed by atoms with E-state index in [2.05, 4.69) is 58.9 Å². The Morgan fingerprint density at radius 1 is 1.14 bits per heavy atom. The third kappa shape index (κ3) is 2.37. The van der Waals surface area contributed by atoms with Crippen LogP contribution in [0.25, 0.3) is 0 Å². The van der Waals surface area contributed by atoms with E-state index in [-0.39, 0.29) is 0 Å². The fraction of sp³-hybridized carbons (Fsp3) is 0.571. The molecule has 0 bridgehead atoms. The SMILES string of the molecule is CCc1ccccc1C(C)C(C)(C)C. The van der Waals surface area contributed by atoms with Crippen molar-refractivity contribution >= 4 is 0 Å². The van der Waals surface area contributed by atoms with Crippen molar-refractivity contribution in [2.45, 2.75) is 47.0 Å². The Labute approximate surface area is 88.4 Å². The molecule has 0 nitrogen and oxygen atoms in total. The summed E-state index contributed by atoms with van der Waals surface area (Å²) in [5.74, 6) is 0.624. The first-order chi connectivity index (χ1) is 6.46. The van der Waals surface area contributed by atoms with Gasteiger partial charge in [-0.05, 0) is 28.9 Å². The van der Waals surface area contributed by atoms with E-state index in [1.165, 1.54) is 11.1 Å². The lowest BCUT2D eigenvalue weighted by Crippen LogP contribution is -2.16. The van der Waals surface area contributed by atoms with Crippen molar-refractivity contribution < 1.29 is 0 Å². The molecule has 0 radical (unpaired) electrons. The second kappa shape index (κ2) is 4.16. The summed E-state index contributed by atoms with van der Waals surface area (Å²) in [6.45, 7) is 11.5. The maximum absolute atomic E-state index is 2.33. The Morgan fingerprint density at radius 2 is 1.71 bits per heavy atom. The van der Waals surface area contributed by atoms with Crippen molar-refractivity contribution in [3.8, 4) is 0 Å². The fourth-order valence-electron chi connectivity index (χ4n) is 1.75. The lowest BCUT2D eigenvalue weighted by Gasteiger charge is -2.29. The van der Waals surface area contributed by atoms with Gasteiger partial charge < -0.3 is 0 Å². The molecule has 0 aromatic heterocycles. The molecule has 0 heteroatoms. The van der Waals surface area contributed by atoms with Crippen LogP contribution in [0.1, 0.15) is 51.7 Å². The van der Waals surface area contributed by atoms with Gasteiger partial charge >= 0.3 is 0 Å². The van der Waals surface area contributed by atoms with Gasteiger partial charge in [-0.1, -0.05) is 58.9 Å². The lowest BCUT2D eigenvalue weighted by molar-refractivity contribution is 0.338. The fourth-order valence-corrected chi connectivity index (χ4v) is 1.75. The maximum Gasteiger partial charge on any atom is -0.0139 e. The van der Waals surface area contributed by atoms with Crippen LogP contribution >= 0.6 is 0 Å². The highest BCUT2D eigenvalue weighted by molar-refractivity contribution is 5.31. The van der Waals surface area contributed by atoms with Gasteiger partial charge in [0.05, 0.1) is 0 Å². The first-order valence-corrected chi connectivity index (χ1v) is 5.54. The van der Waals surface area contributed by atoms with Crippen LogP contribution in [0, 0.1) is 5.41 Å². The van der Waals surface area contributed by atoms with Gasteiger partial charge in [-0.15, -0.1) is 0 Å². The smallest absolute Gasteiger partial charge is 0.0139 e. The minimum atomic E-state index is 0.352. The van der Waals surface area contributed by atoms with Gasteiger partial charge in [-0.25, -0.2) is 0 Å². The molecule has 0 aliphatic heterocycles. The van der Waals surface area contributed by atoms with E-state index < -0.39 is 0 Å². The van der Waals surface area contributed by atoms with Crippen LogP contribution in [0.5, 0.6) is 0 Å². The molecule has 0 spiro atoms. The van der Waals surface area contributed by atoms with E-state index in [4.69, 9.17) is 0 Å². The zero-order chi connectivity index (χ0) is 10.8. The molecule has 0 aliphatic rings. The quantitative estimate of drug-likeness (QED) is 0.648. The van der Waals surface area contributed by atoms with Crippen molar-refractivity contribution in [3.63, 3.8) is 0 Å². The number of aryl methyl sites for hydroxylation is 1. The molecule has 0 saturated carbocycles. The van der Waals surface area contributed by atoms with E-state index in [0.29, 0.717) is 11.3 Å². The monoisotopic (exact) mass is 190 g/mol. The van der Waals surface area contributed by atoms with E-state index in [1.807, 2.05) is 0 Å². The van der Waals surface area contributed by atoms with Gasteiger partial charge in [0.1, 0.15) is 0 Å². The second-order valence-electron chi connectivity index (χ2n) is 5.14. The predicted octanol–water partition coefficient (Wildman–Crippen LogP) is 4.40. The van der Waals surface area contributed by atoms with Gasteiger partial charge in [-0.3, -0.25) is 0 Å². The molecule has 1 aromatic carbocycles. The molecule has 1 unspecified atom stereocenters. The zero-order valence-corrected chi connectivity index (χ0v) is 10.1. The summed E-state index contributed by atoms with van der Waals surface area (Å²) in [5, 5.41) is 0. The molecule has 0 amide bonds. The van der Waals surface area contributed by atoms with E-state index in [0.717, 1.165) is 6.42 Å². The van der Waals surface area contributed by atoms with Crippen LogP contribution < -0.4 is 0 Å². The largest absolute Gasteiger partial charge is 0.0620 e. The van der Waals surface area contributed by atoms with Crippen molar-refractivity contribution in [1.29, 1.82) is 0 Å². The van der Waals surface area contributed by atoms with Gasteiger partial charge in [0.25, 0.3) is 0 Å². The minimum Gasteiger partial charge on any atom is -0.0620 e. The summed E-state index contributed by atoms with van der Waals surface area (Å²) in [5.41, 5.74) is 3.36. The van der Waals surface area contributed by atoms with E-state index >= 15 is 0 Å². The predicted molar refractivity (Wildman–Crippen MR) is 63.7 cm³/mol. The highest BCUT2D eigenvalue weighted by Crippen LogP contribution is 2.35. The molecule has 78 valence electrons. The summed E-state index contributed by atoms with van der Waals surface area (Å²) in [7, 11) is 0. The number of benzene rings is 1. The van der Waals surface area contributed by atoms with Crippen LogP contribution in [-0.4, -0.2) is 0 Å². The molecule has 0 N–H and O–H groups in total. The average Bonchev–Trinajstić information content (AvgIpc) is 2.15. The Kier molecular flexibility index (Phi) is 3.36. The Bertz CT molecular complexity index is 291. The summed E-state index contributed by atoms with van der Waals surface area (Å²) in [6, 6.07) is 8.81. The summed E-state index contributed by atoms with van der Waals surface area (Å²) in [6.07, 6.45) is 1.14. The Balaban J connectivity index is 3.06. The van der Waals surface area contributed by atoms with Crippen LogP contribution in [-0.2, 0) is 6.42 Å². The standard InChI is InChI=1S/C14H22/c1-6-12-9-7-8-10-13(12)11(2)14(3,4)5/h7-11H,6H2,1-5H3. The number of hydrogen-bond donors (Lipinski definition) is 0. The van der Waals surface area contributed by atoms with Crippen LogP contribution in [0.15, 0.2) is 24.3 Å². The van der Waals surface area contributed by atoms with Crippen LogP contribution in [0.2, 0.25) is 0 Å². The van der Waals surface area contributed by atoms with Crippen molar-refractivity contribution in [2.24, 2.45) is 5.41 Å². The molecule has 1 atom stereocenters. The zero-order valence-electron chi connectivity index (χ0n) is 10.1. The summed E-state index contributed by atoms with van der Waals surface area (Å²) < 4.78 is 0. The third-order valence-corrected chi connectivity index (χ3v) is 3.20. The molecule has 14 heavy (non-hydrogen) atoms. The average molecular weight is 190 g/mol. The Hall–Kier alpha value is -0.780. The van der Waals surface area contributed by atoms with Crippen LogP contribution in [0.4, 0.5) is 0 Å². The molecular formula is C14H22. The minimum absolute atomic E-state index is 0.352. The van der Waals surface area contributed by atoms with Crippen LogP contribution in [0.3, 0.4) is 0 Å². The van der Waals surface area contributed by atoms with Crippen molar-refractivity contribution in [2.75, 3.05) is 0 Å². The molecule has 1 rings (SSSR count). The van der Waals surface area contributed by atoms with Crippen molar-refractivity contribution in [1.82, 2.24) is 0 Å². The molecule has 1 aromatic rings. The topological polar surface area (TPSA) is 0 Å². The molecule has 0 fully saturated rings.